The zero-order valence-corrected chi connectivity index (χ0v) is 34.4. The van der Waals surface area contributed by atoms with Crippen LogP contribution in [0, 0.1) is 30.2 Å². The zero-order valence-electron chi connectivity index (χ0n) is 33.0. The van der Waals surface area contributed by atoms with E-state index < -0.39 is 11.8 Å². The Labute approximate surface area is 323 Å². The van der Waals surface area contributed by atoms with Crippen LogP contribution in [0.15, 0.2) is 83.1 Å². The normalized spacial score (nSPS) is 12.7. The van der Waals surface area contributed by atoms with Crippen molar-refractivity contribution >= 4 is 27.5 Å². The number of aromatic nitrogens is 1. The molecule has 0 unspecified atom stereocenters. The van der Waals surface area contributed by atoms with Gasteiger partial charge in [0.1, 0.15) is 12.7 Å². The number of furan rings is 1. The van der Waals surface area contributed by atoms with Crippen molar-refractivity contribution in [3.8, 4) is 22.6 Å². The zero-order chi connectivity index (χ0) is 38.4. The Hall–Kier alpha value is -3.67. The maximum absolute atomic E-state index is 13.7. The molecule has 0 atom stereocenters. The first kappa shape index (κ1) is 41.1. The average molecular weight is 888 g/mol. The monoisotopic (exact) mass is 888 g/mol. The number of carbonyl (C=O) groups excluding carboxylic acids is 1. The van der Waals surface area contributed by atoms with E-state index in [1.165, 1.54) is 30.9 Å². The topological polar surface area (TPSA) is 63.3 Å². The van der Waals surface area contributed by atoms with Crippen LogP contribution < -0.4 is 0 Å². The molecule has 0 saturated carbocycles. The van der Waals surface area contributed by atoms with Crippen LogP contribution >= 0.6 is 0 Å². The fraction of sp³-hybridized carbons (Fsp3) is 0.422. The molecule has 2 aromatic heterocycles. The number of alkyl halides is 2. The molecule has 281 valence electrons. The molecule has 0 aliphatic heterocycles. The molecule has 0 fully saturated rings. The number of carbonyl (C=O) groups is 1. The van der Waals surface area contributed by atoms with Crippen LogP contribution in [0.5, 0.6) is 0 Å². The second-order valence-corrected chi connectivity index (χ2v) is 14.5. The molecular weight excluding hydrogens is 833 g/mol. The summed E-state index contributed by atoms with van der Waals surface area (Å²) in [6.07, 6.45) is 3.28. The van der Waals surface area contributed by atoms with Crippen LogP contribution in [0.25, 0.3) is 44.3 Å². The third kappa shape index (κ3) is 10.0. The van der Waals surface area contributed by atoms with Crippen LogP contribution in [-0.4, -0.2) is 22.3 Å². The number of hydrogen-bond acceptors (Lipinski definition) is 4. The van der Waals surface area contributed by atoms with Gasteiger partial charge in [0.2, 0.25) is 6.40 Å². The Morgan fingerprint density at radius 3 is 2.23 bits per heavy atom. The molecule has 7 heteroatoms. The molecule has 5 rings (SSSR count). The number of aliphatic hydroxyl groups excluding tert-OH is 1. The predicted octanol–water partition coefficient (Wildman–Crippen LogP) is 13.2. The Kier molecular flexibility index (Phi) is 14.9. The molecular formula is C45H54F2IrNO3-. The molecule has 4 nitrogen and oxygen atoms in total. The van der Waals surface area contributed by atoms with E-state index in [1.54, 1.807) is 6.20 Å². The number of halogens is 2. The molecule has 52 heavy (non-hydrogen) atoms. The smallest absolute Gasteiger partial charge is 0.243 e. The number of aliphatic hydroxyl groups is 1. The summed E-state index contributed by atoms with van der Waals surface area (Å²) in [6, 6.07) is 23.5. The second-order valence-electron chi connectivity index (χ2n) is 14.5. The minimum Gasteiger partial charge on any atom is -0.512 e. The van der Waals surface area contributed by atoms with Crippen molar-refractivity contribution in [1.29, 1.82) is 0 Å². The van der Waals surface area contributed by atoms with Crippen LogP contribution in [0.1, 0.15) is 105 Å². The van der Waals surface area contributed by atoms with Crippen molar-refractivity contribution in [1.82, 2.24) is 4.98 Å². The summed E-state index contributed by atoms with van der Waals surface area (Å²) in [5, 5.41) is 12.9. The average Bonchev–Trinajstić information content (AvgIpc) is 3.53. The van der Waals surface area contributed by atoms with Gasteiger partial charge in [-0.3, -0.25) is 9.78 Å². The molecule has 0 aliphatic rings. The van der Waals surface area contributed by atoms with Gasteiger partial charge in [-0.05, 0) is 68.2 Å². The van der Waals surface area contributed by atoms with E-state index in [-0.39, 0.29) is 49.9 Å². The summed E-state index contributed by atoms with van der Waals surface area (Å²) in [5.74, 6) is 1.58. The molecule has 0 saturated heterocycles. The predicted molar refractivity (Wildman–Crippen MR) is 207 cm³/mol. The van der Waals surface area contributed by atoms with Gasteiger partial charge in [-0.2, -0.15) is 0 Å². The van der Waals surface area contributed by atoms with Gasteiger partial charge in [0.25, 0.3) is 0 Å². The van der Waals surface area contributed by atoms with Crippen molar-refractivity contribution in [3.63, 3.8) is 0 Å². The van der Waals surface area contributed by atoms with Gasteiger partial charge < -0.3 is 9.52 Å². The van der Waals surface area contributed by atoms with E-state index in [0.717, 1.165) is 64.4 Å². The Morgan fingerprint density at radius 2 is 1.63 bits per heavy atom. The summed E-state index contributed by atoms with van der Waals surface area (Å²) in [5.41, 5.74) is 4.68. The van der Waals surface area contributed by atoms with E-state index >= 15 is 0 Å². The number of allylic oxidation sites excluding steroid dienone is 2. The number of ketones is 1. The fourth-order valence-electron chi connectivity index (χ4n) is 6.62. The summed E-state index contributed by atoms with van der Waals surface area (Å²) in [6.45, 7) is 17.2. The SMILES string of the molecule is CCC(CC)C(=O)/C=C(\O)C(CC)CC.[2H]C(F)(F)C(C)(C)Cc1ccc(-c2cc3ccnc(-c4[c-]c5ccccc5c(C(C)C)c4)c3o2)c(C)c1.[Ir]. The number of nitrogens with zero attached hydrogens (tertiary/aromatic N) is 1. The molecule has 0 bridgehead atoms. The van der Waals surface area contributed by atoms with Gasteiger partial charge in [0, 0.05) is 66.3 Å². The molecule has 0 amide bonds. The number of pyridine rings is 1. The number of aryl methyl sites for hydroxylation is 1. The van der Waals surface area contributed by atoms with Crippen LogP contribution in [-0.2, 0) is 31.3 Å². The Morgan fingerprint density at radius 1 is 0.981 bits per heavy atom. The minimum atomic E-state index is -3.52. The van der Waals surface area contributed by atoms with Crippen LogP contribution in [0.3, 0.4) is 0 Å². The number of rotatable bonds is 13. The van der Waals surface area contributed by atoms with Gasteiger partial charge in [-0.1, -0.05) is 103 Å². The van der Waals surface area contributed by atoms with Crippen molar-refractivity contribution in [3.05, 3.63) is 101 Å². The van der Waals surface area contributed by atoms with Gasteiger partial charge in [0.05, 0.1) is 5.76 Å². The van der Waals surface area contributed by atoms with E-state index in [2.05, 4.69) is 43.1 Å². The third-order valence-electron chi connectivity index (χ3n) is 9.91. The molecule has 0 spiro atoms. The third-order valence-corrected chi connectivity index (χ3v) is 9.91. The summed E-state index contributed by atoms with van der Waals surface area (Å²) in [7, 11) is 0. The maximum atomic E-state index is 13.7. The van der Waals surface area contributed by atoms with Gasteiger partial charge in [-0.25, -0.2) is 8.78 Å². The van der Waals surface area contributed by atoms with Crippen molar-refractivity contribution < 1.29 is 44.6 Å². The molecule has 1 radical (unpaired) electrons. The molecule has 2 heterocycles. The maximum Gasteiger partial charge on any atom is 0.243 e. The van der Waals surface area contributed by atoms with Gasteiger partial charge >= 0.3 is 0 Å². The van der Waals surface area contributed by atoms with Crippen molar-refractivity contribution in [2.45, 2.75) is 107 Å². The van der Waals surface area contributed by atoms with E-state index in [0.29, 0.717) is 17.3 Å². The van der Waals surface area contributed by atoms with Gasteiger partial charge in [-0.15, -0.1) is 29.1 Å². The molecule has 1 N–H and O–H groups in total. The molecule has 0 aliphatic carbocycles. The summed E-state index contributed by atoms with van der Waals surface area (Å²) >= 11 is 0. The molecule has 5 aromatic rings. The first-order valence-corrected chi connectivity index (χ1v) is 18.3. The number of hydrogen-bond donors (Lipinski definition) is 1. The van der Waals surface area contributed by atoms with E-state index in [4.69, 9.17) is 5.79 Å². The van der Waals surface area contributed by atoms with Crippen LogP contribution in [0.2, 0.25) is 0 Å². The quantitative estimate of drug-likeness (QED) is 0.0727. The fourth-order valence-corrected chi connectivity index (χ4v) is 6.62. The van der Waals surface area contributed by atoms with Crippen LogP contribution in [0.4, 0.5) is 8.78 Å². The standard InChI is InChI=1S/C32H30F2NO.C13H24O2.Ir/c1-19(2)27-16-24(15-22-8-6-7-9-26(22)27)29-30-23(12-13-35-29)17-28(36-30)25-11-10-21(14-20(25)3)18-32(4,5)31(33)34;1-5-10(6-2)12(14)9-13(15)11(7-3)8-4;/h6-14,16-17,19,31H,18H2,1-5H3;9-11,14H,5-8H2,1-4H3;/q-1;;/b;12-9-;/i31D;;. The van der Waals surface area contributed by atoms with E-state index in [1.807, 2.05) is 77.1 Å². The van der Waals surface area contributed by atoms with Crippen molar-refractivity contribution in [2.24, 2.45) is 17.3 Å². The van der Waals surface area contributed by atoms with Crippen molar-refractivity contribution in [2.75, 3.05) is 0 Å². The van der Waals surface area contributed by atoms with Gasteiger partial charge in [0.15, 0.2) is 5.78 Å². The summed E-state index contributed by atoms with van der Waals surface area (Å²) in [4.78, 5) is 16.4. The first-order valence-electron chi connectivity index (χ1n) is 18.8. The number of fused-ring (bicyclic) bond motifs is 2. The first-order chi connectivity index (χ1) is 24.5. The number of benzene rings is 3. The summed E-state index contributed by atoms with van der Waals surface area (Å²) < 4.78 is 41.0. The largest absolute Gasteiger partial charge is 0.512 e. The minimum absolute atomic E-state index is 0. The Bertz CT molecular complexity index is 2020. The van der Waals surface area contributed by atoms with E-state index in [9.17, 15) is 18.7 Å². The molecule has 3 aromatic carbocycles. The second kappa shape index (κ2) is 18.9. The Balaban J connectivity index is 0.000000403.